The molecule has 4 nitrogen and oxygen atoms in total. The van der Waals surface area contributed by atoms with Crippen molar-refractivity contribution in [2.75, 3.05) is 13.1 Å². The van der Waals surface area contributed by atoms with Gasteiger partial charge in [-0.2, -0.15) is 0 Å². The van der Waals surface area contributed by atoms with Gasteiger partial charge >= 0.3 is 6.03 Å². The van der Waals surface area contributed by atoms with E-state index in [9.17, 15) is 9.59 Å². The van der Waals surface area contributed by atoms with Crippen LogP contribution in [-0.4, -0.2) is 35.8 Å². The molecule has 0 aromatic rings. The van der Waals surface area contributed by atoms with E-state index in [-0.39, 0.29) is 23.8 Å². The molecule has 4 heteroatoms. The lowest BCUT2D eigenvalue weighted by Crippen LogP contribution is -2.46. The molecule has 1 fully saturated rings. The molecule has 0 aromatic carbocycles. The van der Waals surface area contributed by atoms with Crippen molar-refractivity contribution in [2.45, 2.75) is 33.2 Å². The molecule has 2 atom stereocenters. The Morgan fingerprint density at radius 2 is 2.29 bits per heavy atom. The lowest BCUT2D eigenvalue weighted by Gasteiger charge is -2.29. The van der Waals surface area contributed by atoms with Gasteiger partial charge < -0.3 is 10.2 Å². The number of amides is 2. The maximum Gasteiger partial charge on any atom is 0.318 e. The smallest absolute Gasteiger partial charge is 0.318 e. The third-order valence-electron chi connectivity index (χ3n) is 2.83. The minimum Gasteiger partial charge on any atom is -0.336 e. The van der Waals surface area contributed by atoms with Crippen molar-refractivity contribution in [1.82, 2.24) is 10.2 Å². The predicted molar refractivity (Wildman–Crippen MR) is 54.0 cm³/mol. The number of urea groups is 1. The summed E-state index contributed by atoms with van der Waals surface area (Å²) in [6.45, 7) is 6.90. The fraction of sp³-hybridized carbons (Fsp3) is 0.800. The number of ketones is 1. The Morgan fingerprint density at radius 1 is 1.64 bits per heavy atom. The molecular formula is C10H18N2O2. The molecular weight excluding hydrogens is 180 g/mol. The zero-order chi connectivity index (χ0) is 10.7. The van der Waals surface area contributed by atoms with Crippen LogP contribution in [0.3, 0.4) is 0 Å². The molecule has 0 aromatic heterocycles. The number of rotatable bonds is 4. The first-order chi connectivity index (χ1) is 6.57. The zero-order valence-electron chi connectivity index (χ0n) is 9.04. The Balaban J connectivity index is 2.76. The van der Waals surface area contributed by atoms with Crippen LogP contribution in [0.5, 0.6) is 0 Å². The SMILES string of the molecule is CCC(C)[C@@H](C(C)=O)N1CCNC1=O. The van der Waals surface area contributed by atoms with Crippen LogP contribution < -0.4 is 5.32 Å². The average Bonchev–Trinajstić information content (AvgIpc) is 2.52. The molecule has 0 spiro atoms. The summed E-state index contributed by atoms with van der Waals surface area (Å²) in [6.07, 6.45) is 0.911. The van der Waals surface area contributed by atoms with E-state index in [0.29, 0.717) is 13.1 Å². The van der Waals surface area contributed by atoms with Crippen molar-refractivity contribution in [2.24, 2.45) is 5.92 Å². The molecule has 14 heavy (non-hydrogen) atoms. The summed E-state index contributed by atoms with van der Waals surface area (Å²) in [5.41, 5.74) is 0. The zero-order valence-corrected chi connectivity index (χ0v) is 9.04. The summed E-state index contributed by atoms with van der Waals surface area (Å²) in [7, 11) is 0. The second-order valence-electron chi connectivity index (χ2n) is 3.87. The van der Waals surface area contributed by atoms with Crippen molar-refractivity contribution in [3.63, 3.8) is 0 Å². The maximum absolute atomic E-state index is 11.5. The summed E-state index contributed by atoms with van der Waals surface area (Å²) < 4.78 is 0. The summed E-state index contributed by atoms with van der Waals surface area (Å²) in [6, 6.07) is -0.354. The van der Waals surface area contributed by atoms with Crippen LogP contribution in [0.15, 0.2) is 0 Å². The van der Waals surface area contributed by atoms with E-state index in [1.54, 1.807) is 11.8 Å². The van der Waals surface area contributed by atoms with Crippen LogP contribution in [0.4, 0.5) is 4.79 Å². The second-order valence-corrected chi connectivity index (χ2v) is 3.87. The van der Waals surface area contributed by atoms with Crippen LogP contribution in [0.1, 0.15) is 27.2 Å². The largest absolute Gasteiger partial charge is 0.336 e. The third-order valence-corrected chi connectivity index (χ3v) is 2.83. The van der Waals surface area contributed by atoms with Gasteiger partial charge in [0.15, 0.2) is 5.78 Å². The van der Waals surface area contributed by atoms with Gasteiger partial charge in [-0.05, 0) is 12.8 Å². The van der Waals surface area contributed by atoms with E-state index in [2.05, 4.69) is 5.32 Å². The highest BCUT2D eigenvalue weighted by Gasteiger charge is 2.33. The number of carbonyl (C=O) groups excluding carboxylic acids is 2. The number of carbonyl (C=O) groups is 2. The molecule has 80 valence electrons. The molecule has 0 aliphatic carbocycles. The van der Waals surface area contributed by atoms with Gasteiger partial charge in [-0.25, -0.2) is 4.79 Å². The Morgan fingerprint density at radius 3 is 2.64 bits per heavy atom. The number of nitrogens with zero attached hydrogens (tertiary/aromatic N) is 1. The van der Waals surface area contributed by atoms with Crippen LogP contribution in [-0.2, 0) is 4.79 Å². The second kappa shape index (κ2) is 4.44. The van der Waals surface area contributed by atoms with Crippen LogP contribution >= 0.6 is 0 Å². The normalized spacial score (nSPS) is 20.5. The quantitative estimate of drug-likeness (QED) is 0.733. The highest BCUT2D eigenvalue weighted by Crippen LogP contribution is 2.17. The average molecular weight is 198 g/mol. The van der Waals surface area contributed by atoms with E-state index in [0.717, 1.165) is 6.42 Å². The Labute approximate surface area is 84.7 Å². The molecule has 1 saturated heterocycles. The standard InChI is InChI=1S/C10H18N2O2/c1-4-7(2)9(8(3)13)12-6-5-11-10(12)14/h7,9H,4-6H2,1-3H3,(H,11,14)/t7?,9-/m0/s1. The fourth-order valence-corrected chi connectivity index (χ4v) is 1.90. The molecule has 1 aliphatic rings. The highest BCUT2D eigenvalue weighted by molar-refractivity contribution is 5.88. The van der Waals surface area contributed by atoms with Gasteiger partial charge in [-0.3, -0.25) is 4.79 Å². The minimum absolute atomic E-state index is 0.0800. The molecule has 1 heterocycles. The van der Waals surface area contributed by atoms with Crippen molar-refractivity contribution in [3.05, 3.63) is 0 Å². The van der Waals surface area contributed by atoms with E-state index >= 15 is 0 Å². The van der Waals surface area contributed by atoms with Gasteiger partial charge in [0.2, 0.25) is 0 Å². The summed E-state index contributed by atoms with van der Waals surface area (Å²) in [4.78, 5) is 24.5. The Hall–Kier alpha value is -1.06. The topological polar surface area (TPSA) is 49.4 Å². The van der Waals surface area contributed by atoms with E-state index < -0.39 is 0 Å². The molecule has 0 saturated carbocycles. The van der Waals surface area contributed by atoms with Gasteiger partial charge in [0.05, 0.1) is 6.04 Å². The molecule has 1 rings (SSSR count). The number of hydrogen-bond donors (Lipinski definition) is 1. The molecule has 1 aliphatic heterocycles. The number of hydrogen-bond acceptors (Lipinski definition) is 2. The highest BCUT2D eigenvalue weighted by atomic mass is 16.2. The number of nitrogens with one attached hydrogen (secondary N) is 1. The van der Waals surface area contributed by atoms with Crippen LogP contribution in [0.25, 0.3) is 0 Å². The molecule has 1 unspecified atom stereocenters. The summed E-state index contributed by atoms with van der Waals surface area (Å²) >= 11 is 0. The van der Waals surface area contributed by atoms with Gasteiger partial charge in [0, 0.05) is 13.1 Å². The van der Waals surface area contributed by atoms with Crippen molar-refractivity contribution >= 4 is 11.8 Å². The summed E-state index contributed by atoms with van der Waals surface area (Å²) in [5.74, 6) is 0.313. The molecule has 0 radical (unpaired) electrons. The molecule has 1 N–H and O–H groups in total. The fourth-order valence-electron chi connectivity index (χ4n) is 1.90. The lowest BCUT2D eigenvalue weighted by molar-refractivity contribution is -0.122. The van der Waals surface area contributed by atoms with Crippen molar-refractivity contribution < 1.29 is 9.59 Å². The van der Waals surface area contributed by atoms with Gasteiger partial charge in [0.1, 0.15) is 0 Å². The van der Waals surface area contributed by atoms with Crippen LogP contribution in [0, 0.1) is 5.92 Å². The van der Waals surface area contributed by atoms with E-state index in [1.807, 2.05) is 13.8 Å². The third kappa shape index (κ3) is 2.05. The molecule has 0 bridgehead atoms. The van der Waals surface area contributed by atoms with Crippen molar-refractivity contribution in [1.29, 1.82) is 0 Å². The number of Topliss-reactive ketones (excluding diaryl/α,β-unsaturated/α-hetero) is 1. The van der Waals surface area contributed by atoms with Crippen molar-refractivity contribution in [3.8, 4) is 0 Å². The minimum atomic E-state index is -0.248. The predicted octanol–water partition coefficient (Wildman–Crippen LogP) is 1.02. The Kier molecular flexibility index (Phi) is 3.49. The first-order valence-electron chi connectivity index (χ1n) is 5.12. The van der Waals surface area contributed by atoms with Crippen LogP contribution in [0.2, 0.25) is 0 Å². The monoisotopic (exact) mass is 198 g/mol. The maximum atomic E-state index is 11.5. The van der Waals surface area contributed by atoms with Gasteiger partial charge in [0.25, 0.3) is 0 Å². The first kappa shape index (κ1) is 11.0. The first-order valence-corrected chi connectivity index (χ1v) is 5.12. The van der Waals surface area contributed by atoms with Gasteiger partial charge in [-0.15, -0.1) is 0 Å². The Bertz CT molecular complexity index is 240. The van der Waals surface area contributed by atoms with E-state index in [4.69, 9.17) is 0 Å². The van der Waals surface area contributed by atoms with Gasteiger partial charge in [-0.1, -0.05) is 20.3 Å². The summed E-state index contributed by atoms with van der Waals surface area (Å²) in [5, 5.41) is 2.72. The lowest BCUT2D eigenvalue weighted by atomic mass is 9.95. The van der Waals surface area contributed by atoms with E-state index in [1.165, 1.54) is 0 Å². The molecule has 2 amide bonds.